The molecule has 0 saturated heterocycles. The number of nitrogens with zero attached hydrogens (tertiary/aromatic N) is 1. The molecule has 6 nitrogen and oxygen atoms in total. The second kappa shape index (κ2) is 11.5. The number of esters is 1. The normalized spacial score (nSPS) is 10.8. The van der Waals surface area contributed by atoms with Gasteiger partial charge in [-0.25, -0.2) is 4.79 Å². The number of ether oxygens (including phenoxy) is 2. The van der Waals surface area contributed by atoms with Gasteiger partial charge in [0.05, 0.1) is 6.61 Å². The van der Waals surface area contributed by atoms with Gasteiger partial charge in [-0.3, -0.25) is 4.79 Å². The van der Waals surface area contributed by atoms with Gasteiger partial charge in [0.15, 0.2) is 0 Å². The number of nitriles is 1. The summed E-state index contributed by atoms with van der Waals surface area (Å²) < 4.78 is 11.0. The third-order valence-electron chi connectivity index (χ3n) is 4.99. The Morgan fingerprint density at radius 1 is 1.03 bits per heavy atom. The Hall–Kier alpha value is -4.37. The maximum Gasteiger partial charge on any atom is 0.354 e. The fourth-order valence-corrected chi connectivity index (χ4v) is 3.14. The number of benzene rings is 3. The van der Waals surface area contributed by atoms with Crippen LogP contribution in [-0.4, -0.2) is 18.5 Å². The Labute approximate surface area is 199 Å². The van der Waals surface area contributed by atoms with Crippen LogP contribution in [0.3, 0.4) is 0 Å². The standard InChI is InChI=1S/C28H26N2O4/c1-4-15-33-26-8-6-5-7-22(26)17-23(18-29)28(32)34-24-13-11-21(12-14-24)27(31)30-25-16-19(2)9-10-20(25)3/h5-14,16-17H,4,15H2,1-3H3,(H,30,31)/b23-17+. The van der Waals surface area contributed by atoms with Crippen LogP contribution in [0.15, 0.2) is 72.3 Å². The van der Waals surface area contributed by atoms with Crippen LogP contribution >= 0.6 is 0 Å². The van der Waals surface area contributed by atoms with E-state index in [9.17, 15) is 14.9 Å². The number of hydrogen-bond acceptors (Lipinski definition) is 5. The molecule has 34 heavy (non-hydrogen) atoms. The summed E-state index contributed by atoms with van der Waals surface area (Å²) in [4.78, 5) is 25.2. The molecule has 0 spiro atoms. The largest absolute Gasteiger partial charge is 0.493 e. The highest BCUT2D eigenvalue weighted by atomic mass is 16.5. The third-order valence-corrected chi connectivity index (χ3v) is 4.99. The highest BCUT2D eigenvalue weighted by molar-refractivity contribution is 6.05. The molecule has 0 fully saturated rings. The van der Waals surface area contributed by atoms with Gasteiger partial charge in [0, 0.05) is 16.8 Å². The minimum atomic E-state index is -0.791. The topological polar surface area (TPSA) is 88.4 Å². The van der Waals surface area contributed by atoms with Crippen LogP contribution in [0.2, 0.25) is 0 Å². The monoisotopic (exact) mass is 454 g/mol. The Kier molecular flexibility index (Phi) is 8.20. The van der Waals surface area contributed by atoms with E-state index in [0.29, 0.717) is 23.5 Å². The molecule has 0 unspecified atom stereocenters. The number of aryl methyl sites for hydroxylation is 2. The van der Waals surface area contributed by atoms with Crippen LogP contribution < -0.4 is 14.8 Å². The Bertz CT molecular complexity index is 1250. The number of hydrogen-bond donors (Lipinski definition) is 1. The van der Waals surface area contributed by atoms with E-state index in [1.165, 1.54) is 18.2 Å². The molecule has 172 valence electrons. The predicted octanol–water partition coefficient (Wildman–Crippen LogP) is 5.86. The molecular formula is C28H26N2O4. The number of carbonyl (C=O) groups is 2. The Balaban J connectivity index is 1.70. The van der Waals surface area contributed by atoms with Gasteiger partial charge in [-0.1, -0.05) is 37.3 Å². The van der Waals surface area contributed by atoms with Crippen molar-refractivity contribution in [3.8, 4) is 17.6 Å². The van der Waals surface area contributed by atoms with Crippen molar-refractivity contribution in [1.29, 1.82) is 5.26 Å². The fraction of sp³-hybridized carbons (Fsp3) is 0.179. The molecule has 0 aromatic heterocycles. The molecule has 0 heterocycles. The average Bonchev–Trinajstić information content (AvgIpc) is 2.84. The van der Waals surface area contributed by atoms with Gasteiger partial charge in [-0.05, 0) is 73.9 Å². The van der Waals surface area contributed by atoms with Gasteiger partial charge in [-0.2, -0.15) is 5.26 Å². The highest BCUT2D eigenvalue weighted by Crippen LogP contribution is 2.23. The van der Waals surface area contributed by atoms with Gasteiger partial charge in [0.2, 0.25) is 0 Å². The van der Waals surface area contributed by atoms with E-state index < -0.39 is 5.97 Å². The second-order valence-electron chi connectivity index (χ2n) is 7.74. The SMILES string of the molecule is CCCOc1ccccc1/C=C(\C#N)C(=O)Oc1ccc(C(=O)Nc2cc(C)ccc2C)cc1. The minimum Gasteiger partial charge on any atom is -0.493 e. The molecule has 0 aliphatic rings. The van der Waals surface area contributed by atoms with E-state index in [1.807, 2.05) is 51.1 Å². The molecule has 0 atom stereocenters. The van der Waals surface area contributed by atoms with Crippen molar-refractivity contribution in [3.05, 3.63) is 94.6 Å². The molecule has 1 amide bonds. The van der Waals surface area contributed by atoms with Crippen LogP contribution in [0.4, 0.5) is 5.69 Å². The van der Waals surface area contributed by atoms with Crippen molar-refractivity contribution in [2.24, 2.45) is 0 Å². The molecule has 3 rings (SSSR count). The zero-order valence-corrected chi connectivity index (χ0v) is 19.4. The first-order valence-corrected chi connectivity index (χ1v) is 11.0. The third kappa shape index (κ3) is 6.33. The summed E-state index contributed by atoms with van der Waals surface area (Å²) in [7, 11) is 0. The van der Waals surface area contributed by atoms with E-state index in [1.54, 1.807) is 30.3 Å². The van der Waals surface area contributed by atoms with Crippen molar-refractivity contribution >= 4 is 23.6 Å². The summed E-state index contributed by atoms with van der Waals surface area (Å²) in [6.07, 6.45) is 2.28. The summed E-state index contributed by atoms with van der Waals surface area (Å²) in [5, 5.41) is 12.4. The smallest absolute Gasteiger partial charge is 0.354 e. The zero-order chi connectivity index (χ0) is 24.5. The lowest BCUT2D eigenvalue weighted by atomic mass is 10.1. The summed E-state index contributed by atoms with van der Waals surface area (Å²) >= 11 is 0. The van der Waals surface area contributed by atoms with Crippen molar-refractivity contribution in [1.82, 2.24) is 0 Å². The number of carbonyl (C=O) groups excluding carboxylic acids is 2. The van der Waals surface area contributed by atoms with Gasteiger partial charge >= 0.3 is 5.97 Å². The van der Waals surface area contributed by atoms with Crippen molar-refractivity contribution < 1.29 is 19.1 Å². The molecule has 3 aromatic carbocycles. The van der Waals surface area contributed by atoms with Crippen molar-refractivity contribution in [2.45, 2.75) is 27.2 Å². The minimum absolute atomic E-state index is 0.163. The maximum absolute atomic E-state index is 12.6. The van der Waals surface area contributed by atoms with Gasteiger partial charge in [0.1, 0.15) is 23.1 Å². The van der Waals surface area contributed by atoms with Crippen LogP contribution in [-0.2, 0) is 4.79 Å². The van der Waals surface area contributed by atoms with Gasteiger partial charge < -0.3 is 14.8 Å². The zero-order valence-electron chi connectivity index (χ0n) is 19.4. The highest BCUT2D eigenvalue weighted by Gasteiger charge is 2.15. The summed E-state index contributed by atoms with van der Waals surface area (Å²) in [5.74, 6) is -0.248. The molecule has 6 heteroatoms. The second-order valence-corrected chi connectivity index (χ2v) is 7.74. The first-order chi connectivity index (χ1) is 16.4. The van der Waals surface area contributed by atoms with E-state index in [0.717, 1.165) is 23.2 Å². The van der Waals surface area contributed by atoms with Crippen LogP contribution in [0.1, 0.15) is 40.4 Å². The average molecular weight is 455 g/mol. The molecule has 0 aliphatic heterocycles. The first-order valence-electron chi connectivity index (χ1n) is 11.0. The number of anilines is 1. The number of rotatable bonds is 8. The molecule has 1 N–H and O–H groups in total. The van der Waals surface area contributed by atoms with Crippen LogP contribution in [0, 0.1) is 25.2 Å². The lowest BCUT2D eigenvalue weighted by Crippen LogP contribution is -2.13. The summed E-state index contributed by atoms with van der Waals surface area (Å²) in [6.45, 7) is 6.40. The fourth-order valence-electron chi connectivity index (χ4n) is 3.14. The van der Waals surface area contributed by atoms with Gasteiger partial charge in [0.25, 0.3) is 5.91 Å². The molecule has 0 aliphatic carbocycles. The molecule has 0 bridgehead atoms. The van der Waals surface area contributed by atoms with Crippen molar-refractivity contribution in [2.75, 3.05) is 11.9 Å². The van der Waals surface area contributed by atoms with E-state index >= 15 is 0 Å². The van der Waals surface area contributed by atoms with Crippen molar-refractivity contribution in [3.63, 3.8) is 0 Å². The van der Waals surface area contributed by atoms with E-state index in [4.69, 9.17) is 9.47 Å². The van der Waals surface area contributed by atoms with E-state index in [-0.39, 0.29) is 17.2 Å². The molecular weight excluding hydrogens is 428 g/mol. The number of para-hydroxylation sites is 1. The summed E-state index contributed by atoms with van der Waals surface area (Å²) in [5.41, 5.74) is 3.62. The lowest BCUT2D eigenvalue weighted by Gasteiger charge is -2.10. The summed E-state index contributed by atoms with van der Waals surface area (Å²) in [6, 6.07) is 21.0. The Morgan fingerprint density at radius 2 is 1.76 bits per heavy atom. The molecule has 0 saturated carbocycles. The number of amides is 1. The maximum atomic E-state index is 12.6. The number of nitrogens with one attached hydrogen (secondary N) is 1. The van der Waals surface area contributed by atoms with Gasteiger partial charge in [-0.15, -0.1) is 0 Å². The Morgan fingerprint density at radius 3 is 2.47 bits per heavy atom. The lowest BCUT2D eigenvalue weighted by molar-refractivity contribution is -0.129. The quantitative estimate of drug-likeness (QED) is 0.199. The van der Waals surface area contributed by atoms with E-state index in [2.05, 4.69) is 5.32 Å². The van der Waals surface area contributed by atoms with Crippen LogP contribution in [0.5, 0.6) is 11.5 Å². The molecule has 0 radical (unpaired) electrons. The van der Waals surface area contributed by atoms with Crippen LogP contribution in [0.25, 0.3) is 6.08 Å². The molecule has 3 aromatic rings. The first kappa shape index (κ1) is 24.3. The predicted molar refractivity (Wildman–Crippen MR) is 132 cm³/mol.